The summed E-state index contributed by atoms with van der Waals surface area (Å²) in [6, 6.07) is 9.63. The number of nitrogens with one attached hydrogen (secondary N) is 1. The normalized spacial score (nSPS) is 11.1. The van der Waals surface area contributed by atoms with E-state index in [1.54, 1.807) is 4.57 Å². The van der Waals surface area contributed by atoms with Gasteiger partial charge in [0.05, 0.1) is 11.2 Å². The summed E-state index contributed by atoms with van der Waals surface area (Å²) in [5.41, 5.74) is 1.40. The molecular formula is C13H7F2IN2S. The lowest BCUT2D eigenvalue weighted by Gasteiger charge is -2.07. The zero-order valence-corrected chi connectivity index (χ0v) is 12.4. The van der Waals surface area contributed by atoms with Gasteiger partial charge in [-0.15, -0.1) is 0 Å². The van der Waals surface area contributed by atoms with Crippen LogP contribution in [0.25, 0.3) is 16.7 Å². The van der Waals surface area contributed by atoms with Gasteiger partial charge < -0.3 is 4.98 Å². The van der Waals surface area contributed by atoms with Crippen LogP contribution in [0.3, 0.4) is 0 Å². The number of halogens is 3. The van der Waals surface area contributed by atoms with E-state index in [-0.39, 0.29) is 5.52 Å². The molecule has 0 atom stereocenters. The molecule has 0 aliphatic carbocycles. The van der Waals surface area contributed by atoms with Crippen LogP contribution in [0.4, 0.5) is 8.78 Å². The van der Waals surface area contributed by atoms with Gasteiger partial charge in [-0.25, -0.2) is 8.78 Å². The summed E-state index contributed by atoms with van der Waals surface area (Å²) >= 11 is 7.37. The minimum atomic E-state index is -0.647. The Labute approximate surface area is 126 Å². The van der Waals surface area contributed by atoms with Crippen molar-refractivity contribution in [3.63, 3.8) is 0 Å². The van der Waals surface area contributed by atoms with E-state index in [1.807, 2.05) is 24.3 Å². The van der Waals surface area contributed by atoms with Crippen LogP contribution in [0.1, 0.15) is 0 Å². The van der Waals surface area contributed by atoms with Gasteiger partial charge in [-0.3, -0.25) is 4.57 Å². The van der Waals surface area contributed by atoms with Gasteiger partial charge in [0.25, 0.3) is 0 Å². The third-order valence-corrected chi connectivity index (χ3v) is 4.00. The van der Waals surface area contributed by atoms with Crippen molar-refractivity contribution in [3.05, 3.63) is 56.4 Å². The second-order valence-electron chi connectivity index (χ2n) is 4.00. The zero-order chi connectivity index (χ0) is 13.6. The third kappa shape index (κ3) is 2.08. The van der Waals surface area contributed by atoms with E-state index in [2.05, 4.69) is 27.6 Å². The van der Waals surface area contributed by atoms with Crippen LogP contribution in [0.5, 0.6) is 0 Å². The summed E-state index contributed by atoms with van der Waals surface area (Å²) in [5.74, 6) is -1.27. The standard InChI is InChI=1S/C13H7F2IN2S/c14-7-5-8(15)12-11(6-7)18(13(19)17-12)10-4-2-1-3-9(10)16/h1-6H,(H,17,19). The number of rotatable bonds is 1. The molecule has 2 aromatic carbocycles. The molecule has 3 aromatic rings. The van der Waals surface area contributed by atoms with Gasteiger partial charge in [0.1, 0.15) is 11.3 Å². The molecule has 0 aliphatic heterocycles. The Balaban J connectivity index is 2.45. The second-order valence-corrected chi connectivity index (χ2v) is 5.55. The molecule has 1 aromatic heterocycles. The van der Waals surface area contributed by atoms with E-state index in [9.17, 15) is 8.78 Å². The van der Waals surface area contributed by atoms with Gasteiger partial charge in [-0.05, 0) is 46.9 Å². The van der Waals surface area contributed by atoms with Crippen molar-refractivity contribution in [3.8, 4) is 5.69 Å². The maximum atomic E-state index is 13.7. The Kier molecular flexibility index (Phi) is 3.14. The summed E-state index contributed by atoms with van der Waals surface area (Å²) in [5, 5.41) is 0. The van der Waals surface area contributed by atoms with E-state index in [0.717, 1.165) is 15.3 Å². The highest BCUT2D eigenvalue weighted by atomic mass is 127. The predicted octanol–water partition coefficient (Wildman–Crippen LogP) is 4.57. The van der Waals surface area contributed by atoms with Gasteiger partial charge in [0.15, 0.2) is 10.6 Å². The molecule has 0 fully saturated rings. The summed E-state index contributed by atoms with van der Waals surface area (Å²) in [6.45, 7) is 0. The number of fused-ring (bicyclic) bond motifs is 1. The first-order valence-corrected chi connectivity index (χ1v) is 6.91. The maximum absolute atomic E-state index is 13.7. The van der Waals surface area contributed by atoms with Crippen molar-refractivity contribution in [2.75, 3.05) is 0 Å². The van der Waals surface area contributed by atoms with Gasteiger partial charge in [0.2, 0.25) is 0 Å². The van der Waals surface area contributed by atoms with Crippen LogP contribution in [-0.2, 0) is 0 Å². The molecule has 0 saturated carbocycles. The number of H-pyrrole nitrogens is 1. The minimum Gasteiger partial charge on any atom is -0.328 e. The Morgan fingerprint density at radius 2 is 1.89 bits per heavy atom. The molecule has 96 valence electrons. The molecule has 6 heteroatoms. The second kappa shape index (κ2) is 4.68. The molecule has 0 unspecified atom stereocenters. The fraction of sp³-hybridized carbons (Fsp3) is 0. The van der Waals surface area contributed by atoms with Crippen LogP contribution in [0, 0.1) is 20.0 Å². The summed E-state index contributed by atoms with van der Waals surface area (Å²) in [7, 11) is 0. The van der Waals surface area contributed by atoms with Gasteiger partial charge in [-0.1, -0.05) is 12.1 Å². The number of aromatic nitrogens is 2. The molecule has 19 heavy (non-hydrogen) atoms. The zero-order valence-electron chi connectivity index (χ0n) is 9.45. The van der Waals surface area contributed by atoms with Crippen LogP contribution in [0.15, 0.2) is 36.4 Å². The monoisotopic (exact) mass is 388 g/mol. The molecule has 3 rings (SSSR count). The Morgan fingerprint density at radius 1 is 1.16 bits per heavy atom. The van der Waals surface area contributed by atoms with E-state index < -0.39 is 11.6 Å². The van der Waals surface area contributed by atoms with Crippen LogP contribution in [0.2, 0.25) is 0 Å². The molecule has 2 nitrogen and oxygen atoms in total. The minimum absolute atomic E-state index is 0.214. The highest BCUT2D eigenvalue weighted by Gasteiger charge is 2.13. The van der Waals surface area contributed by atoms with Gasteiger partial charge in [-0.2, -0.15) is 0 Å². The molecule has 0 amide bonds. The molecular weight excluding hydrogens is 381 g/mol. The lowest BCUT2D eigenvalue weighted by atomic mass is 10.2. The van der Waals surface area contributed by atoms with E-state index in [1.165, 1.54) is 6.07 Å². The molecule has 0 saturated heterocycles. The number of hydrogen-bond acceptors (Lipinski definition) is 1. The van der Waals surface area contributed by atoms with Crippen molar-refractivity contribution in [2.24, 2.45) is 0 Å². The highest BCUT2D eigenvalue weighted by Crippen LogP contribution is 2.25. The van der Waals surface area contributed by atoms with Crippen molar-refractivity contribution in [2.45, 2.75) is 0 Å². The lowest BCUT2D eigenvalue weighted by molar-refractivity contribution is 0.590. The number of benzene rings is 2. The molecule has 1 heterocycles. The smallest absolute Gasteiger partial charge is 0.182 e. The summed E-state index contributed by atoms with van der Waals surface area (Å²) < 4.78 is 30.0. The first-order valence-electron chi connectivity index (χ1n) is 5.42. The fourth-order valence-corrected chi connectivity index (χ4v) is 2.93. The topological polar surface area (TPSA) is 20.7 Å². The van der Waals surface area contributed by atoms with Crippen LogP contribution < -0.4 is 0 Å². The fourth-order valence-electron chi connectivity index (χ4n) is 2.00. The average molecular weight is 388 g/mol. The maximum Gasteiger partial charge on any atom is 0.182 e. The summed E-state index contributed by atoms with van der Waals surface area (Å²) in [6.07, 6.45) is 0. The average Bonchev–Trinajstić information content (AvgIpc) is 2.67. The van der Waals surface area contributed by atoms with E-state index in [0.29, 0.717) is 10.3 Å². The molecule has 0 radical (unpaired) electrons. The predicted molar refractivity (Wildman–Crippen MR) is 81.1 cm³/mol. The Bertz CT molecular complexity index is 838. The van der Waals surface area contributed by atoms with Crippen molar-refractivity contribution >= 4 is 45.8 Å². The number of aromatic amines is 1. The molecule has 0 spiro atoms. The third-order valence-electron chi connectivity index (χ3n) is 2.80. The van der Waals surface area contributed by atoms with E-state index in [4.69, 9.17) is 12.2 Å². The Morgan fingerprint density at radius 3 is 2.63 bits per heavy atom. The summed E-state index contributed by atoms with van der Waals surface area (Å²) in [4.78, 5) is 2.78. The quantitative estimate of drug-likeness (QED) is 0.479. The van der Waals surface area contributed by atoms with Crippen molar-refractivity contribution in [1.82, 2.24) is 9.55 Å². The highest BCUT2D eigenvalue weighted by molar-refractivity contribution is 14.1. The van der Waals surface area contributed by atoms with Crippen LogP contribution in [-0.4, -0.2) is 9.55 Å². The molecule has 1 N–H and O–H groups in total. The molecule has 0 aliphatic rings. The van der Waals surface area contributed by atoms with Crippen molar-refractivity contribution < 1.29 is 8.78 Å². The van der Waals surface area contributed by atoms with E-state index >= 15 is 0 Å². The lowest BCUT2D eigenvalue weighted by Crippen LogP contribution is -1.97. The van der Waals surface area contributed by atoms with Gasteiger partial charge >= 0.3 is 0 Å². The first-order chi connectivity index (χ1) is 9.08. The van der Waals surface area contributed by atoms with Crippen LogP contribution >= 0.6 is 34.8 Å². The largest absolute Gasteiger partial charge is 0.328 e. The van der Waals surface area contributed by atoms with Gasteiger partial charge in [0, 0.05) is 15.7 Å². The first kappa shape index (κ1) is 12.7. The number of para-hydroxylation sites is 1. The SMILES string of the molecule is Fc1cc(F)c2[nH]c(=S)n(-c3ccccc3I)c2c1. The number of imidazole rings is 1. The number of nitrogens with zero attached hydrogens (tertiary/aromatic N) is 1. The Hall–Kier alpha value is -1.28. The molecule has 0 bridgehead atoms. The van der Waals surface area contributed by atoms with Crippen molar-refractivity contribution in [1.29, 1.82) is 0 Å². The number of hydrogen-bond donors (Lipinski definition) is 1.